The molecule has 2 aliphatic heterocycles. The highest BCUT2D eigenvalue weighted by Crippen LogP contribution is 2.30. The minimum atomic E-state index is -0.396. The Balaban J connectivity index is 0.000000686. The van der Waals surface area contributed by atoms with Crippen molar-refractivity contribution in [3.8, 4) is 0 Å². The van der Waals surface area contributed by atoms with E-state index in [0.29, 0.717) is 6.47 Å². The summed E-state index contributed by atoms with van der Waals surface area (Å²) in [7, 11) is 0. The van der Waals surface area contributed by atoms with Gasteiger partial charge in [0.15, 0.2) is 12.2 Å². The molecule has 0 radical (unpaired) electrons. The number of hydrogen-bond acceptors (Lipinski definition) is 6. The average Bonchev–Trinajstić information content (AvgIpc) is 2.86. The van der Waals surface area contributed by atoms with Gasteiger partial charge in [0.25, 0.3) is 6.47 Å². The number of hydrogen-bond donors (Lipinski definition) is 0. The van der Waals surface area contributed by atoms with Crippen LogP contribution in [-0.2, 0) is 28.5 Å². The molecular formula is C11H18O6. The fourth-order valence-corrected chi connectivity index (χ4v) is 1.93. The van der Waals surface area contributed by atoms with Crippen molar-refractivity contribution in [3.05, 3.63) is 0 Å². The van der Waals surface area contributed by atoms with Crippen molar-refractivity contribution in [1.82, 2.24) is 0 Å². The van der Waals surface area contributed by atoms with E-state index in [-0.39, 0.29) is 31.4 Å². The largest absolute Gasteiger partial charge is 0.459 e. The average molecular weight is 246 g/mol. The zero-order valence-corrected chi connectivity index (χ0v) is 10.3. The Hall–Kier alpha value is -1.14. The van der Waals surface area contributed by atoms with Gasteiger partial charge in [0.05, 0.1) is 13.2 Å². The summed E-state index contributed by atoms with van der Waals surface area (Å²) in [5, 5.41) is 0. The summed E-state index contributed by atoms with van der Waals surface area (Å²) in [5.41, 5.74) is 0. The molecule has 2 fully saturated rings. The van der Waals surface area contributed by atoms with Crippen LogP contribution in [0.15, 0.2) is 0 Å². The molecule has 6 nitrogen and oxygen atoms in total. The van der Waals surface area contributed by atoms with Crippen LogP contribution in [0.4, 0.5) is 0 Å². The normalized spacial score (nSPS) is 34.3. The fraction of sp³-hybridized carbons (Fsp3) is 0.818. The van der Waals surface area contributed by atoms with Crippen molar-refractivity contribution in [2.24, 2.45) is 0 Å². The van der Waals surface area contributed by atoms with Crippen LogP contribution in [-0.4, -0.2) is 50.1 Å². The van der Waals surface area contributed by atoms with E-state index in [4.69, 9.17) is 18.9 Å². The quantitative estimate of drug-likeness (QED) is 0.526. The minimum absolute atomic E-state index is 0.284. The summed E-state index contributed by atoms with van der Waals surface area (Å²) in [5.74, 6) is -0.368. The van der Waals surface area contributed by atoms with Crippen molar-refractivity contribution in [1.29, 1.82) is 0 Å². The Kier molecular flexibility index (Phi) is 5.37. The lowest BCUT2D eigenvalue weighted by atomic mass is 10.1. The Morgan fingerprint density at radius 1 is 1.18 bits per heavy atom. The smallest absolute Gasteiger partial charge is 0.303 e. The van der Waals surface area contributed by atoms with Gasteiger partial charge in [-0.25, -0.2) is 0 Å². The summed E-state index contributed by atoms with van der Waals surface area (Å²) in [6.45, 7) is 6.28. The van der Waals surface area contributed by atoms with Gasteiger partial charge in [-0.05, 0) is 0 Å². The van der Waals surface area contributed by atoms with Crippen LogP contribution in [0.2, 0.25) is 0 Å². The second kappa shape index (κ2) is 6.56. The zero-order chi connectivity index (χ0) is 12.8. The molecule has 1 unspecified atom stereocenters. The predicted octanol–water partition coefficient (Wildman–Crippen LogP) is 0.283. The number of carbonyl (C=O) groups is 2. The highest BCUT2D eigenvalue weighted by atomic mass is 16.7. The van der Waals surface area contributed by atoms with Gasteiger partial charge >= 0.3 is 5.97 Å². The molecule has 98 valence electrons. The van der Waals surface area contributed by atoms with Crippen LogP contribution in [0.1, 0.15) is 20.8 Å². The van der Waals surface area contributed by atoms with E-state index in [9.17, 15) is 9.59 Å². The van der Waals surface area contributed by atoms with Gasteiger partial charge in [0, 0.05) is 6.92 Å². The molecule has 0 saturated carbocycles. The van der Waals surface area contributed by atoms with Crippen molar-refractivity contribution < 1.29 is 28.5 Å². The molecule has 2 rings (SSSR count). The molecule has 17 heavy (non-hydrogen) atoms. The molecule has 0 amide bonds. The van der Waals surface area contributed by atoms with Gasteiger partial charge in [-0.2, -0.15) is 0 Å². The van der Waals surface area contributed by atoms with Gasteiger partial charge in [-0.3, -0.25) is 9.59 Å². The molecule has 0 bridgehead atoms. The van der Waals surface area contributed by atoms with Gasteiger partial charge < -0.3 is 18.9 Å². The van der Waals surface area contributed by atoms with Gasteiger partial charge in [-0.15, -0.1) is 0 Å². The molecule has 4 atom stereocenters. The number of ether oxygens (including phenoxy) is 4. The van der Waals surface area contributed by atoms with E-state index >= 15 is 0 Å². The topological polar surface area (TPSA) is 71.1 Å². The second-order valence-electron chi connectivity index (χ2n) is 3.51. The van der Waals surface area contributed by atoms with E-state index in [1.165, 1.54) is 6.92 Å². The van der Waals surface area contributed by atoms with E-state index in [2.05, 4.69) is 0 Å². The van der Waals surface area contributed by atoms with E-state index in [1.807, 2.05) is 13.8 Å². The van der Waals surface area contributed by atoms with Gasteiger partial charge in [0.2, 0.25) is 0 Å². The molecule has 2 saturated heterocycles. The van der Waals surface area contributed by atoms with Crippen LogP contribution in [0, 0.1) is 0 Å². The van der Waals surface area contributed by atoms with Crippen LogP contribution in [0.5, 0.6) is 0 Å². The van der Waals surface area contributed by atoms with Gasteiger partial charge in [0.1, 0.15) is 12.2 Å². The van der Waals surface area contributed by atoms with Crippen LogP contribution >= 0.6 is 0 Å². The molecule has 2 aliphatic rings. The highest BCUT2D eigenvalue weighted by molar-refractivity contribution is 5.66. The molecule has 0 spiro atoms. The Bertz CT molecular complexity index is 267. The van der Waals surface area contributed by atoms with Crippen molar-refractivity contribution in [3.63, 3.8) is 0 Å². The molecule has 0 aromatic carbocycles. The first kappa shape index (κ1) is 13.9. The lowest BCUT2D eigenvalue weighted by Gasteiger charge is -2.15. The number of esters is 1. The first-order chi connectivity index (χ1) is 8.22. The van der Waals surface area contributed by atoms with Crippen LogP contribution in [0.25, 0.3) is 0 Å². The maximum Gasteiger partial charge on any atom is 0.303 e. The first-order valence-electron chi connectivity index (χ1n) is 5.72. The number of carbonyl (C=O) groups excluding carboxylic acids is 2. The Morgan fingerprint density at radius 2 is 1.71 bits per heavy atom. The van der Waals surface area contributed by atoms with E-state index in [0.717, 1.165) is 0 Å². The van der Waals surface area contributed by atoms with Crippen LogP contribution in [0.3, 0.4) is 0 Å². The molecule has 6 heteroatoms. The van der Waals surface area contributed by atoms with Gasteiger partial charge in [-0.1, -0.05) is 13.8 Å². The third-order valence-corrected chi connectivity index (χ3v) is 2.51. The maximum absolute atomic E-state index is 10.8. The molecular weight excluding hydrogens is 228 g/mol. The zero-order valence-electron chi connectivity index (χ0n) is 10.3. The molecule has 0 N–H and O–H groups in total. The third kappa shape index (κ3) is 3.17. The van der Waals surface area contributed by atoms with Crippen molar-refractivity contribution in [2.75, 3.05) is 13.2 Å². The minimum Gasteiger partial charge on any atom is -0.459 e. The summed E-state index contributed by atoms with van der Waals surface area (Å²) in [6, 6.07) is 0. The maximum atomic E-state index is 10.8. The summed E-state index contributed by atoms with van der Waals surface area (Å²) >= 11 is 0. The number of rotatable bonds is 3. The lowest BCUT2D eigenvalue weighted by Crippen LogP contribution is -2.34. The molecule has 0 aliphatic carbocycles. The van der Waals surface area contributed by atoms with Crippen molar-refractivity contribution in [2.45, 2.75) is 45.2 Å². The third-order valence-electron chi connectivity index (χ3n) is 2.51. The first-order valence-corrected chi connectivity index (χ1v) is 5.72. The highest BCUT2D eigenvalue weighted by Gasteiger charge is 2.50. The second-order valence-corrected chi connectivity index (χ2v) is 3.51. The number of fused-ring (bicyclic) bond motifs is 1. The molecule has 0 aromatic heterocycles. The summed E-state index contributed by atoms with van der Waals surface area (Å²) in [6.07, 6.45) is -1.43. The summed E-state index contributed by atoms with van der Waals surface area (Å²) in [4.78, 5) is 21.0. The predicted molar refractivity (Wildman–Crippen MR) is 57.3 cm³/mol. The Morgan fingerprint density at radius 3 is 2.24 bits per heavy atom. The van der Waals surface area contributed by atoms with E-state index < -0.39 is 12.2 Å². The molecule has 2 heterocycles. The van der Waals surface area contributed by atoms with E-state index in [1.54, 1.807) is 0 Å². The lowest BCUT2D eigenvalue weighted by molar-refractivity contribution is -0.151. The molecule has 0 aromatic rings. The van der Waals surface area contributed by atoms with Crippen LogP contribution < -0.4 is 0 Å². The fourth-order valence-electron chi connectivity index (χ4n) is 1.93. The standard InChI is InChI=1S/C9H12O6.C2H6/c1-5(11)15-7-3-13-8-6(14-4-10)2-12-9(7)8;1-2/h4,6-9H,2-3H2,1H3;1-2H3/t6-,7?,8-,9-;/m0./s1. The van der Waals surface area contributed by atoms with Crippen molar-refractivity contribution >= 4 is 12.4 Å². The monoisotopic (exact) mass is 246 g/mol. The SMILES string of the molecule is CC.CC(=O)OC1CO[C@H]2[C@@H](OC=O)CO[C@@H]12. The Labute approximate surface area is 100 Å². The summed E-state index contributed by atoms with van der Waals surface area (Å²) < 4.78 is 20.6.